The molecule has 5 nitrogen and oxygen atoms in total. The highest BCUT2D eigenvalue weighted by Crippen LogP contribution is 2.32. The lowest BCUT2D eigenvalue weighted by Crippen LogP contribution is -2.23. The maximum Gasteiger partial charge on any atom is 0.183 e. The summed E-state index contributed by atoms with van der Waals surface area (Å²) in [6.45, 7) is 11.4. The summed E-state index contributed by atoms with van der Waals surface area (Å²) in [5, 5.41) is 7.12. The van der Waals surface area contributed by atoms with Gasteiger partial charge in [0.2, 0.25) is 0 Å². The molecule has 1 aromatic heterocycles. The fraction of sp³-hybridized carbons (Fsp3) is 0.438. The summed E-state index contributed by atoms with van der Waals surface area (Å²) in [5.41, 5.74) is 3.68. The molecule has 1 heterocycles. The molecule has 2 rings (SSSR count). The van der Waals surface area contributed by atoms with Crippen LogP contribution in [-0.2, 0) is 0 Å². The first-order valence-electron chi connectivity index (χ1n) is 7.27. The van der Waals surface area contributed by atoms with Gasteiger partial charge in [-0.1, -0.05) is 0 Å². The van der Waals surface area contributed by atoms with Crippen molar-refractivity contribution in [3.8, 4) is 11.4 Å². The van der Waals surface area contributed by atoms with E-state index >= 15 is 0 Å². The predicted octanol–water partition coefficient (Wildman–Crippen LogP) is 3.14. The van der Waals surface area contributed by atoms with Gasteiger partial charge in [0.15, 0.2) is 11.6 Å². The van der Waals surface area contributed by atoms with Crippen molar-refractivity contribution in [1.29, 1.82) is 0 Å². The van der Waals surface area contributed by atoms with Crippen LogP contribution in [0.4, 0.5) is 5.69 Å². The fourth-order valence-electron chi connectivity index (χ4n) is 2.54. The van der Waals surface area contributed by atoms with E-state index in [1.54, 1.807) is 6.92 Å². The van der Waals surface area contributed by atoms with Crippen LogP contribution in [0, 0.1) is 13.8 Å². The van der Waals surface area contributed by atoms with E-state index in [9.17, 15) is 4.79 Å². The van der Waals surface area contributed by atoms with Crippen molar-refractivity contribution in [1.82, 2.24) is 15.2 Å². The maximum absolute atomic E-state index is 11.8. The Hall–Kier alpha value is -2.17. The van der Waals surface area contributed by atoms with Crippen LogP contribution in [0.15, 0.2) is 12.1 Å². The van der Waals surface area contributed by atoms with Gasteiger partial charge < -0.3 is 4.90 Å². The third-order valence-electron chi connectivity index (χ3n) is 3.66. The highest BCUT2D eigenvalue weighted by Gasteiger charge is 2.17. The minimum Gasteiger partial charge on any atom is -0.371 e. The minimum absolute atomic E-state index is 0.0621. The van der Waals surface area contributed by atoms with Crippen molar-refractivity contribution in [2.24, 2.45) is 0 Å². The normalized spacial score (nSPS) is 10.7. The third kappa shape index (κ3) is 2.96. The number of anilines is 1. The first kappa shape index (κ1) is 15.2. The van der Waals surface area contributed by atoms with Gasteiger partial charge in [0.05, 0.1) is 0 Å². The zero-order valence-electron chi connectivity index (χ0n) is 13.3. The smallest absolute Gasteiger partial charge is 0.183 e. The monoisotopic (exact) mass is 286 g/mol. The molecule has 0 unspecified atom stereocenters. The Morgan fingerprint density at radius 1 is 1.24 bits per heavy atom. The summed E-state index contributed by atoms with van der Waals surface area (Å²) in [6, 6.07) is 3.97. The molecule has 0 radical (unpaired) electrons. The largest absolute Gasteiger partial charge is 0.371 e. The van der Waals surface area contributed by atoms with Gasteiger partial charge in [-0.3, -0.25) is 9.89 Å². The molecule has 0 fully saturated rings. The number of nitrogens with zero attached hydrogens (tertiary/aromatic N) is 3. The summed E-state index contributed by atoms with van der Waals surface area (Å²) in [4.78, 5) is 18.5. The second-order valence-corrected chi connectivity index (χ2v) is 5.16. The molecule has 0 aliphatic heterocycles. The van der Waals surface area contributed by atoms with Crippen molar-refractivity contribution in [3.63, 3.8) is 0 Å². The number of ketones is 1. The quantitative estimate of drug-likeness (QED) is 0.858. The van der Waals surface area contributed by atoms with Gasteiger partial charge in [-0.15, -0.1) is 0 Å². The number of nitrogens with one attached hydrogen (secondary N) is 1. The van der Waals surface area contributed by atoms with Crippen LogP contribution in [0.25, 0.3) is 11.4 Å². The molecule has 1 N–H and O–H groups in total. The van der Waals surface area contributed by atoms with Gasteiger partial charge in [0.25, 0.3) is 0 Å². The lowest BCUT2D eigenvalue weighted by atomic mass is 9.99. The Morgan fingerprint density at radius 2 is 1.90 bits per heavy atom. The predicted molar refractivity (Wildman–Crippen MR) is 84.9 cm³/mol. The fourth-order valence-corrected chi connectivity index (χ4v) is 2.54. The molecule has 5 heteroatoms. The highest BCUT2D eigenvalue weighted by atomic mass is 16.1. The van der Waals surface area contributed by atoms with Gasteiger partial charge in [0, 0.05) is 29.9 Å². The Morgan fingerprint density at radius 3 is 2.38 bits per heavy atom. The topological polar surface area (TPSA) is 61.9 Å². The molecule has 21 heavy (non-hydrogen) atoms. The average molecular weight is 286 g/mol. The average Bonchev–Trinajstić information content (AvgIpc) is 2.86. The molecule has 0 aliphatic rings. The van der Waals surface area contributed by atoms with Gasteiger partial charge in [-0.2, -0.15) is 5.10 Å². The van der Waals surface area contributed by atoms with E-state index in [1.165, 1.54) is 0 Å². The van der Waals surface area contributed by atoms with Crippen LogP contribution in [0.2, 0.25) is 0 Å². The summed E-state index contributed by atoms with van der Waals surface area (Å²) >= 11 is 0. The number of carbonyl (C=O) groups is 1. The molecule has 0 saturated carbocycles. The number of benzene rings is 1. The van der Waals surface area contributed by atoms with Gasteiger partial charge in [-0.05, 0) is 52.3 Å². The molecular weight excluding hydrogens is 264 g/mol. The van der Waals surface area contributed by atoms with Crippen molar-refractivity contribution in [2.45, 2.75) is 34.6 Å². The zero-order valence-corrected chi connectivity index (χ0v) is 13.3. The molecule has 0 bridgehead atoms. The van der Waals surface area contributed by atoms with E-state index in [2.05, 4.69) is 40.0 Å². The summed E-state index contributed by atoms with van der Waals surface area (Å²) < 4.78 is 0. The SMILES string of the molecule is CCN(CC)c1cc(C)c(C(C)=O)cc1-c1n[nH]c(C)n1. The van der Waals surface area contributed by atoms with Gasteiger partial charge >= 0.3 is 0 Å². The first-order valence-corrected chi connectivity index (χ1v) is 7.27. The number of rotatable bonds is 5. The Bertz CT molecular complexity index is 656. The van der Waals surface area contributed by atoms with Crippen molar-refractivity contribution < 1.29 is 4.79 Å². The number of aromatic nitrogens is 3. The zero-order chi connectivity index (χ0) is 15.6. The lowest BCUT2D eigenvalue weighted by molar-refractivity contribution is 0.101. The van der Waals surface area contributed by atoms with Crippen LogP contribution in [0.5, 0.6) is 0 Å². The van der Waals surface area contributed by atoms with E-state index < -0.39 is 0 Å². The number of hydrogen-bond donors (Lipinski definition) is 1. The standard InChI is InChI=1S/C16H22N4O/c1-6-20(7-2)15-8-10(3)13(11(4)21)9-14(15)16-17-12(5)18-19-16/h8-9H,6-7H2,1-5H3,(H,17,18,19). The Kier molecular flexibility index (Phi) is 4.40. The third-order valence-corrected chi connectivity index (χ3v) is 3.66. The van der Waals surface area contributed by atoms with Gasteiger partial charge in [0.1, 0.15) is 5.82 Å². The second kappa shape index (κ2) is 6.08. The van der Waals surface area contributed by atoms with E-state index in [1.807, 2.05) is 19.9 Å². The van der Waals surface area contributed by atoms with Crippen molar-refractivity contribution in [3.05, 3.63) is 29.1 Å². The molecule has 0 aliphatic carbocycles. The van der Waals surface area contributed by atoms with E-state index in [4.69, 9.17) is 0 Å². The molecule has 0 atom stereocenters. The van der Waals surface area contributed by atoms with Crippen LogP contribution in [0.3, 0.4) is 0 Å². The second-order valence-electron chi connectivity index (χ2n) is 5.16. The molecule has 0 amide bonds. The van der Waals surface area contributed by atoms with Gasteiger partial charge in [-0.25, -0.2) is 4.98 Å². The van der Waals surface area contributed by atoms with Crippen LogP contribution in [0.1, 0.15) is 42.5 Å². The first-order chi connectivity index (χ1) is 9.97. The summed E-state index contributed by atoms with van der Waals surface area (Å²) in [6.07, 6.45) is 0. The molecular formula is C16H22N4O. The summed E-state index contributed by atoms with van der Waals surface area (Å²) in [7, 11) is 0. The Labute approximate surface area is 125 Å². The molecule has 0 saturated heterocycles. The van der Waals surface area contributed by atoms with Crippen LogP contribution in [-0.4, -0.2) is 34.1 Å². The number of carbonyl (C=O) groups excluding carboxylic acids is 1. The number of aromatic amines is 1. The Balaban J connectivity index is 2.68. The van der Waals surface area contributed by atoms with Crippen molar-refractivity contribution >= 4 is 11.5 Å². The lowest BCUT2D eigenvalue weighted by Gasteiger charge is -2.24. The number of aryl methyl sites for hydroxylation is 2. The van der Waals surface area contributed by atoms with Crippen LogP contribution < -0.4 is 4.90 Å². The van der Waals surface area contributed by atoms with Crippen molar-refractivity contribution in [2.75, 3.05) is 18.0 Å². The van der Waals surface area contributed by atoms with E-state index in [0.717, 1.165) is 41.3 Å². The number of Topliss-reactive ketones (excluding diaryl/α,β-unsaturated/α-hetero) is 1. The minimum atomic E-state index is 0.0621. The molecule has 2 aromatic rings. The number of H-pyrrole nitrogens is 1. The highest BCUT2D eigenvalue weighted by molar-refractivity contribution is 5.98. The maximum atomic E-state index is 11.8. The molecule has 1 aromatic carbocycles. The van der Waals surface area contributed by atoms with E-state index in [-0.39, 0.29) is 5.78 Å². The van der Waals surface area contributed by atoms with E-state index in [0.29, 0.717) is 5.82 Å². The van der Waals surface area contributed by atoms with Crippen LogP contribution >= 0.6 is 0 Å². The summed E-state index contributed by atoms with van der Waals surface area (Å²) in [5.74, 6) is 1.46. The molecule has 0 spiro atoms. The number of hydrogen-bond acceptors (Lipinski definition) is 4. The molecule has 112 valence electrons.